The molecular formula is C46H70N2. The van der Waals surface area contributed by atoms with Gasteiger partial charge in [-0.25, -0.2) is 0 Å². The predicted octanol–water partition coefficient (Wildman–Crippen LogP) is 11.8. The van der Waals surface area contributed by atoms with Gasteiger partial charge in [0.15, 0.2) is 0 Å². The lowest BCUT2D eigenvalue weighted by molar-refractivity contribution is -0.00160. The molecule has 8 aliphatic carbocycles. The Morgan fingerprint density at radius 1 is 0.646 bits per heavy atom. The van der Waals surface area contributed by atoms with E-state index >= 15 is 0 Å². The largest absolute Gasteiger partial charge is 0.327 e. The number of hydrogen-bond acceptors (Lipinski definition) is 2. The van der Waals surface area contributed by atoms with Crippen LogP contribution in [0.25, 0.3) is 0 Å². The van der Waals surface area contributed by atoms with Crippen LogP contribution in [0.15, 0.2) is 53.1 Å². The second kappa shape index (κ2) is 15.9. The summed E-state index contributed by atoms with van der Waals surface area (Å²) in [5.74, 6) is 10.1. The first-order valence-corrected chi connectivity index (χ1v) is 21.7. The van der Waals surface area contributed by atoms with Gasteiger partial charge in [0.25, 0.3) is 0 Å². The smallest absolute Gasteiger partial charge is 0.0538 e. The van der Waals surface area contributed by atoms with E-state index in [1.54, 1.807) is 0 Å². The lowest BCUT2D eigenvalue weighted by Crippen LogP contribution is -2.48. The van der Waals surface area contributed by atoms with Gasteiger partial charge in [-0.15, -0.1) is 0 Å². The van der Waals surface area contributed by atoms with Crippen molar-refractivity contribution in [2.75, 3.05) is 0 Å². The number of aliphatic imine (C=N–C) groups is 1. The number of nitrogens with zero attached hydrogens (tertiary/aromatic N) is 1. The van der Waals surface area contributed by atoms with E-state index in [1.165, 1.54) is 141 Å². The van der Waals surface area contributed by atoms with Crippen LogP contribution in [0, 0.1) is 71.0 Å². The fourth-order valence-electron chi connectivity index (χ4n) is 13.5. The van der Waals surface area contributed by atoms with E-state index in [0.29, 0.717) is 23.9 Å². The highest BCUT2D eigenvalue weighted by Gasteiger charge is 2.50. The zero-order valence-corrected chi connectivity index (χ0v) is 30.5. The van der Waals surface area contributed by atoms with Gasteiger partial charge < -0.3 is 5.73 Å². The molecule has 4 saturated carbocycles. The summed E-state index contributed by atoms with van der Waals surface area (Å²) in [5.41, 5.74) is 8.93. The van der Waals surface area contributed by atoms with Crippen molar-refractivity contribution in [1.82, 2.24) is 0 Å². The van der Waals surface area contributed by atoms with Crippen LogP contribution in [0.3, 0.4) is 0 Å². The van der Waals surface area contributed by atoms with Crippen molar-refractivity contribution in [2.45, 2.75) is 160 Å². The molecule has 4 fully saturated rings. The van der Waals surface area contributed by atoms with Crippen LogP contribution in [-0.4, -0.2) is 18.3 Å². The molecule has 8 rings (SSSR count). The highest BCUT2D eigenvalue weighted by Crippen LogP contribution is 2.58. The molecule has 8 aliphatic rings. The van der Waals surface area contributed by atoms with Gasteiger partial charge in [0, 0.05) is 12.3 Å². The van der Waals surface area contributed by atoms with E-state index in [4.69, 9.17) is 10.7 Å². The molecule has 0 aromatic heterocycles. The van der Waals surface area contributed by atoms with E-state index < -0.39 is 0 Å². The second-order valence-electron chi connectivity index (χ2n) is 18.6. The van der Waals surface area contributed by atoms with Gasteiger partial charge in [-0.05, 0) is 167 Å². The maximum absolute atomic E-state index is 7.02. The van der Waals surface area contributed by atoms with Gasteiger partial charge in [0.1, 0.15) is 0 Å². The number of fused-ring (bicyclic) bond motifs is 6. The summed E-state index contributed by atoms with van der Waals surface area (Å²) in [6, 6.07) is 0.757. The summed E-state index contributed by atoms with van der Waals surface area (Å²) in [7, 11) is 0. The van der Waals surface area contributed by atoms with Crippen molar-refractivity contribution in [3.05, 3.63) is 48.1 Å². The molecule has 12 atom stereocenters. The molecule has 0 spiro atoms. The Bertz CT molecular complexity index is 1190. The monoisotopic (exact) mass is 651 g/mol. The fourth-order valence-corrected chi connectivity index (χ4v) is 13.5. The minimum atomic E-state index is 0.307. The van der Waals surface area contributed by atoms with Crippen molar-refractivity contribution in [3.63, 3.8) is 0 Å². The fraction of sp³-hybridized carbons (Fsp3) is 0.804. The van der Waals surface area contributed by atoms with Gasteiger partial charge in [0.05, 0.1) is 6.04 Å². The first-order valence-electron chi connectivity index (χ1n) is 21.7. The quantitative estimate of drug-likeness (QED) is 0.206. The third-order valence-electron chi connectivity index (χ3n) is 16.0. The lowest BCUT2D eigenvalue weighted by Gasteiger charge is -2.55. The van der Waals surface area contributed by atoms with E-state index in [0.717, 1.165) is 65.6 Å². The Morgan fingerprint density at radius 2 is 1.35 bits per heavy atom. The molecule has 0 bridgehead atoms. The maximum Gasteiger partial charge on any atom is 0.0538 e. The molecule has 2 nitrogen and oxygen atoms in total. The standard InChI is InChI=1S/C46H70N2/c47-45(34-16-6-2-7-17-34)30-46(35-18-8-3-9-19-35)48-31-32-26-37(33-14-4-1-5-15-33)28-38(27-32)36-24-25-43-41-22-11-10-20-39(41)40-21-12-13-23-42(40)44(43)29-36/h2,6,10,12,20-21,24,31-35,37-46H,1,3-5,7-9,11,13-19,22-23,25-30,47H2/b48-31+. The predicted molar refractivity (Wildman–Crippen MR) is 204 cm³/mol. The lowest BCUT2D eigenvalue weighted by atomic mass is 9.50. The molecule has 0 saturated heterocycles. The minimum Gasteiger partial charge on any atom is -0.327 e. The molecule has 0 aliphatic heterocycles. The van der Waals surface area contributed by atoms with Crippen LogP contribution in [0.4, 0.5) is 0 Å². The van der Waals surface area contributed by atoms with E-state index in [1.807, 2.05) is 5.57 Å². The molecule has 2 heteroatoms. The summed E-state index contributed by atoms with van der Waals surface area (Å²) in [5, 5.41) is 0. The van der Waals surface area contributed by atoms with Crippen LogP contribution in [0.2, 0.25) is 0 Å². The molecule has 264 valence electrons. The summed E-state index contributed by atoms with van der Waals surface area (Å²) in [6.07, 6.45) is 52.4. The molecule has 0 aromatic carbocycles. The highest BCUT2D eigenvalue weighted by atomic mass is 14.8. The molecule has 12 unspecified atom stereocenters. The average Bonchev–Trinajstić information content (AvgIpc) is 3.17. The molecule has 0 amide bonds. The first-order chi connectivity index (χ1) is 23.7. The number of hydrogen-bond donors (Lipinski definition) is 1. The Balaban J connectivity index is 1.01. The third-order valence-corrected chi connectivity index (χ3v) is 16.0. The number of rotatable bonds is 8. The topological polar surface area (TPSA) is 38.4 Å². The van der Waals surface area contributed by atoms with Crippen LogP contribution in [-0.2, 0) is 0 Å². The second-order valence-corrected chi connectivity index (χ2v) is 18.6. The van der Waals surface area contributed by atoms with Crippen molar-refractivity contribution in [2.24, 2.45) is 81.7 Å². The number of allylic oxidation sites excluding steroid dienone is 8. The van der Waals surface area contributed by atoms with Crippen molar-refractivity contribution >= 4 is 6.21 Å². The first kappa shape index (κ1) is 33.7. The van der Waals surface area contributed by atoms with Gasteiger partial charge in [-0.2, -0.15) is 0 Å². The molecular weight excluding hydrogens is 581 g/mol. The SMILES string of the molecule is NC(CC(/N=C/C1CC(C2=CCC3C4CCC=CC4C4C=CCCC4C3C2)CC(C2CCCCC2)C1)C1CCCCC1)C1CC=CCC1. The van der Waals surface area contributed by atoms with Crippen LogP contribution in [0.1, 0.15) is 148 Å². The van der Waals surface area contributed by atoms with Gasteiger partial charge in [0.2, 0.25) is 0 Å². The average molecular weight is 651 g/mol. The molecule has 0 heterocycles. The van der Waals surface area contributed by atoms with Crippen LogP contribution in [0.5, 0.6) is 0 Å². The van der Waals surface area contributed by atoms with E-state index in [-0.39, 0.29) is 0 Å². The summed E-state index contributed by atoms with van der Waals surface area (Å²) in [6.45, 7) is 0. The Labute approximate surface area is 295 Å². The highest BCUT2D eigenvalue weighted by molar-refractivity contribution is 5.61. The summed E-state index contributed by atoms with van der Waals surface area (Å²) in [4.78, 5) is 5.67. The van der Waals surface area contributed by atoms with Crippen molar-refractivity contribution in [3.8, 4) is 0 Å². The third kappa shape index (κ3) is 7.46. The molecule has 48 heavy (non-hydrogen) atoms. The summed E-state index contributed by atoms with van der Waals surface area (Å²) >= 11 is 0. The molecule has 0 radical (unpaired) electrons. The van der Waals surface area contributed by atoms with Gasteiger partial charge >= 0.3 is 0 Å². The zero-order valence-electron chi connectivity index (χ0n) is 30.5. The Hall–Kier alpha value is -1.41. The summed E-state index contributed by atoms with van der Waals surface area (Å²) < 4.78 is 0. The zero-order chi connectivity index (χ0) is 32.3. The van der Waals surface area contributed by atoms with Crippen molar-refractivity contribution < 1.29 is 0 Å². The van der Waals surface area contributed by atoms with Crippen LogP contribution < -0.4 is 5.73 Å². The molecule has 2 N–H and O–H groups in total. The molecule has 0 aromatic rings. The van der Waals surface area contributed by atoms with Crippen LogP contribution >= 0.6 is 0 Å². The Morgan fingerprint density at radius 3 is 2.08 bits per heavy atom. The van der Waals surface area contributed by atoms with E-state index in [2.05, 4.69) is 48.7 Å². The van der Waals surface area contributed by atoms with Crippen molar-refractivity contribution in [1.29, 1.82) is 0 Å². The van der Waals surface area contributed by atoms with Gasteiger partial charge in [-0.3, -0.25) is 4.99 Å². The normalized spacial score (nSPS) is 42.1. The number of nitrogens with two attached hydrogens (primary N) is 1. The van der Waals surface area contributed by atoms with Gasteiger partial charge in [-0.1, -0.05) is 99.5 Å². The van der Waals surface area contributed by atoms with E-state index in [9.17, 15) is 0 Å². The maximum atomic E-state index is 7.02. The Kier molecular flexibility index (Phi) is 11.1. The minimum absolute atomic E-state index is 0.307.